The first-order valence-corrected chi connectivity index (χ1v) is 5.73. The fourth-order valence-electron chi connectivity index (χ4n) is 1.79. The molecule has 2 aromatic rings. The van der Waals surface area contributed by atoms with E-state index in [1.807, 2.05) is 12.1 Å². The summed E-state index contributed by atoms with van der Waals surface area (Å²) in [6.45, 7) is 3.52. The molecule has 0 saturated carbocycles. The fourth-order valence-corrected chi connectivity index (χ4v) is 1.79. The van der Waals surface area contributed by atoms with Gasteiger partial charge in [-0.2, -0.15) is 5.10 Å². The van der Waals surface area contributed by atoms with Crippen LogP contribution in [-0.4, -0.2) is 39.5 Å². The van der Waals surface area contributed by atoms with Gasteiger partial charge in [-0.15, -0.1) is 0 Å². The van der Waals surface area contributed by atoms with Gasteiger partial charge in [-0.3, -0.25) is 0 Å². The second-order valence-corrected chi connectivity index (χ2v) is 3.85. The van der Waals surface area contributed by atoms with Gasteiger partial charge in [-0.25, -0.2) is 14.8 Å². The summed E-state index contributed by atoms with van der Waals surface area (Å²) >= 11 is 0. The first-order chi connectivity index (χ1) is 9.26. The highest BCUT2D eigenvalue weighted by atomic mass is 16.5. The third kappa shape index (κ3) is 3.40. The van der Waals surface area contributed by atoms with Crippen LogP contribution in [0.3, 0.4) is 0 Å². The van der Waals surface area contributed by atoms with Crippen LogP contribution in [0, 0.1) is 11.8 Å². The van der Waals surface area contributed by atoms with Crippen LogP contribution in [-0.2, 0) is 11.2 Å². The molecule has 1 atom stereocenters. The minimum absolute atomic E-state index is 0.0247. The van der Waals surface area contributed by atoms with Gasteiger partial charge in [-0.1, -0.05) is 0 Å². The lowest BCUT2D eigenvalue weighted by Crippen LogP contribution is -2.16. The Hall–Kier alpha value is -2.17. The largest absolute Gasteiger partial charge is 0.394 e. The Kier molecular flexibility index (Phi) is 5.73. The van der Waals surface area contributed by atoms with Crippen LogP contribution in [0.15, 0.2) is 18.5 Å². The number of nitrogen functional groups attached to an aromatic ring is 1. The van der Waals surface area contributed by atoms with E-state index < -0.39 is 0 Å². The van der Waals surface area contributed by atoms with E-state index in [0.29, 0.717) is 5.82 Å². The summed E-state index contributed by atoms with van der Waals surface area (Å²) in [4.78, 5) is 3.93. The van der Waals surface area contributed by atoms with Gasteiger partial charge in [0.15, 0.2) is 5.82 Å². The summed E-state index contributed by atoms with van der Waals surface area (Å²) in [6, 6.07) is 3.86. The molecule has 0 saturated heterocycles. The van der Waals surface area contributed by atoms with Gasteiger partial charge in [0.1, 0.15) is 11.8 Å². The van der Waals surface area contributed by atoms with Crippen molar-refractivity contribution in [3.63, 3.8) is 0 Å². The topological polar surface area (TPSA) is 109 Å². The monoisotopic (exact) mass is 263 g/mol. The molecule has 0 aliphatic heterocycles. The van der Waals surface area contributed by atoms with Crippen LogP contribution < -0.4 is 5.73 Å². The summed E-state index contributed by atoms with van der Waals surface area (Å²) in [7, 11) is 1.59. The molecule has 7 heteroatoms. The van der Waals surface area contributed by atoms with Gasteiger partial charge >= 0.3 is 0 Å². The second kappa shape index (κ2) is 7.31. The molecule has 3 N–H and O–H groups in total. The van der Waals surface area contributed by atoms with Crippen molar-refractivity contribution in [1.29, 1.82) is 5.26 Å². The van der Waals surface area contributed by atoms with Crippen LogP contribution in [0.25, 0.3) is 5.52 Å². The smallest absolute Gasteiger partial charge is 0.151 e. The maximum Gasteiger partial charge on any atom is 0.151 e. The molecule has 2 rings (SSSR count). The zero-order chi connectivity index (χ0) is 14.3. The number of nitriles is 1. The fraction of sp³-hybridized carbons (Fsp3) is 0.417. The van der Waals surface area contributed by atoms with E-state index >= 15 is 0 Å². The van der Waals surface area contributed by atoms with Crippen molar-refractivity contribution in [3.8, 4) is 6.57 Å². The van der Waals surface area contributed by atoms with Crippen molar-refractivity contribution in [2.75, 3.05) is 19.5 Å². The zero-order valence-corrected chi connectivity index (χ0v) is 10.7. The number of hydrogen-bond donors (Lipinski definition) is 2. The van der Waals surface area contributed by atoms with E-state index in [9.17, 15) is 0 Å². The summed E-state index contributed by atoms with van der Waals surface area (Å²) in [6.07, 6.45) is 2.80. The molecule has 0 bridgehead atoms. The number of aromatic nitrogens is 3. The summed E-state index contributed by atoms with van der Waals surface area (Å²) in [5.41, 5.74) is 7.58. The van der Waals surface area contributed by atoms with Crippen molar-refractivity contribution in [3.05, 3.63) is 24.2 Å². The third-order valence-electron chi connectivity index (χ3n) is 2.82. The Morgan fingerprint density at radius 1 is 1.53 bits per heavy atom. The lowest BCUT2D eigenvalue weighted by molar-refractivity contribution is 0.0433. The highest BCUT2D eigenvalue weighted by molar-refractivity contribution is 5.65. The number of aliphatic hydroxyl groups is 1. The maximum atomic E-state index is 9.03. The molecular weight excluding hydrogens is 246 g/mol. The number of aryl methyl sites for hydroxylation is 1. The first kappa shape index (κ1) is 14.9. The van der Waals surface area contributed by atoms with Gasteiger partial charge in [-0.05, 0) is 25.0 Å². The van der Waals surface area contributed by atoms with Crippen LogP contribution in [0.2, 0.25) is 0 Å². The normalized spacial score (nSPS) is 11.8. The van der Waals surface area contributed by atoms with Gasteiger partial charge < -0.3 is 15.6 Å². The van der Waals surface area contributed by atoms with E-state index in [2.05, 4.69) is 16.7 Å². The maximum absolute atomic E-state index is 9.03. The minimum atomic E-state index is -0.139. The molecule has 0 aromatic carbocycles. The predicted octanol–water partition coefficient (Wildman–Crippen LogP) is 0.391. The number of nitrogens with two attached hydrogens (primary N) is 1. The predicted molar refractivity (Wildman–Crippen MR) is 70.3 cm³/mol. The Morgan fingerprint density at radius 3 is 2.89 bits per heavy atom. The molecule has 0 aliphatic rings. The van der Waals surface area contributed by atoms with Crippen molar-refractivity contribution in [2.24, 2.45) is 0 Å². The van der Waals surface area contributed by atoms with Crippen LogP contribution in [0.4, 0.5) is 5.82 Å². The molecule has 102 valence electrons. The molecule has 1 unspecified atom stereocenters. The van der Waals surface area contributed by atoms with E-state index in [4.69, 9.17) is 20.8 Å². The van der Waals surface area contributed by atoms with Crippen molar-refractivity contribution in [2.45, 2.75) is 18.9 Å². The molecule has 0 aliphatic carbocycles. The number of methoxy groups -OCH3 is 1. The quantitative estimate of drug-likeness (QED) is 0.807. The van der Waals surface area contributed by atoms with E-state index in [1.54, 1.807) is 11.6 Å². The van der Waals surface area contributed by atoms with Crippen molar-refractivity contribution >= 4 is 11.3 Å². The lowest BCUT2D eigenvalue weighted by Gasteiger charge is -2.11. The molecule has 7 nitrogen and oxygen atoms in total. The van der Waals surface area contributed by atoms with Crippen LogP contribution >= 0.6 is 0 Å². The van der Waals surface area contributed by atoms with Gasteiger partial charge in [0.05, 0.1) is 12.7 Å². The highest BCUT2D eigenvalue weighted by Gasteiger charge is 2.10. The average molecular weight is 263 g/mol. The molecular formula is C12H17N5O2. The van der Waals surface area contributed by atoms with E-state index in [-0.39, 0.29) is 12.7 Å². The Labute approximate surface area is 111 Å². The molecule has 2 aromatic heterocycles. The molecule has 0 spiro atoms. The average Bonchev–Trinajstić information content (AvgIpc) is 2.87. The standard InChI is InChI=1S/C11H16N4O2.CHN/c1-17-9(6-16)4-2-8-3-5-10-11(12)13-7-14-15(8)10;1-2/h3,5,7,9,16H,2,4,6H2,1H3,(H2,12,13,14);1H. The van der Waals surface area contributed by atoms with Gasteiger partial charge in [0.2, 0.25) is 0 Å². The third-order valence-corrected chi connectivity index (χ3v) is 2.82. The number of rotatable bonds is 5. The van der Waals surface area contributed by atoms with Gasteiger partial charge in [0.25, 0.3) is 0 Å². The molecule has 19 heavy (non-hydrogen) atoms. The summed E-state index contributed by atoms with van der Waals surface area (Å²) in [5, 5.41) is 19.7. The highest BCUT2D eigenvalue weighted by Crippen LogP contribution is 2.15. The first-order valence-electron chi connectivity index (χ1n) is 5.73. The number of ether oxygens (including phenoxy) is 1. The molecule has 0 fully saturated rings. The van der Waals surface area contributed by atoms with Gasteiger partial charge in [0, 0.05) is 19.4 Å². The number of hydrogen-bond acceptors (Lipinski definition) is 6. The van der Waals surface area contributed by atoms with Crippen LogP contribution in [0.1, 0.15) is 12.1 Å². The SMILES string of the molecule is C#N.COC(CO)CCc1ccc2c(N)ncnn12. The van der Waals surface area contributed by atoms with E-state index in [1.165, 1.54) is 6.33 Å². The number of anilines is 1. The number of fused-ring (bicyclic) bond motifs is 1. The molecule has 0 amide bonds. The van der Waals surface area contributed by atoms with Crippen molar-refractivity contribution < 1.29 is 9.84 Å². The van der Waals surface area contributed by atoms with E-state index in [0.717, 1.165) is 24.1 Å². The Balaban J connectivity index is 0.000000861. The molecule has 0 radical (unpaired) electrons. The lowest BCUT2D eigenvalue weighted by atomic mass is 10.1. The van der Waals surface area contributed by atoms with Crippen molar-refractivity contribution in [1.82, 2.24) is 14.6 Å². The summed E-state index contributed by atoms with van der Waals surface area (Å²) < 4.78 is 6.89. The minimum Gasteiger partial charge on any atom is -0.394 e. The van der Waals surface area contributed by atoms with Crippen LogP contribution in [0.5, 0.6) is 0 Å². The second-order valence-electron chi connectivity index (χ2n) is 3.85. The molecule has 2 heterocycles. The Morgan fingerprint density at radius 2 is 2.26 bits per heavy atom. The Bertz CT molecular complexity index is 533. The number of aliphatic hydroxyl groups excluding tert-OH is 1. The number of nitrogens with zero attached hydrogens (tertiary/aromatic N) is 4. The zero-order valence-electron chi connectivity index (χ0n) is 10.7. The summed E-state index contributed by atoms with van der Waals surface area (Å²) in [5.74, 6) is 0.469.